The molecule has 0 aromatic carbocycles. The van der Waals surface area contributed by atoms with E-state index in [4.69, 9.17) is 0 Å². The van der Waals surface area contributed by atoms with Gasteiger partial charge in [-0.3, -0.25) is 14.0 Å². The molecule has 0 bridgehead atoms. The molecular weight excluding hydrogens is 270 g/mol. The SMILES string of the molecule is CCC(C)NC(=O)CCCn1nc(C)n2ccnc2c1=O. The highest BCUT2D eigenvalue weighted by atomic mass is 16.1. The fourth-order valence-corrected chi connectivity index (χ4v) is 2.10. The third-order valence-electron chi connectivity index (χ3n) is 3.47. The number of hydrogen-bond acceptors (Lipinski definition) is 4. The number of hydrogen-bond donors (Lipinski definition) is 1. The van der Waals surface area contributed by atoms with Gasteiger partial charge in [0.25, 0.3) is 0 Å². The Bertz CT molecular complexity index is 688. The molecule has 1 amide bonds. The largest absolute Gasteiger partial charge is 0.354 e. The Kier molecular flexibility index (Phi) is 4.72. The van der Waals surface area contributed by atoms with E-state index in [0.717, 1.165) is 6.42 Å². The second-order valence-corrected chi connectivity index (χ2v) is 5.18. The van der Waals surface area contributed by atoms with Gasteiger partial charge in [-0.15, -0.1) is 0 Å². The van der Waals surface area contributed by atoms with Gasteiger partial charge in [-0.1, -0.05) is 6.92 Å². The van der Waals surface area contributed by atoms with E-state index in [2.05, 4.69) is 15.4 Å². The van der Waals surface area contributed by atoms with Crippen molar-refractivity contribution in [3.63, 3.8) is 0 Å². The number of aromatic nitrogens is 4. The first-order valence-electron chi connectivity index (χ1n) is 7.23. The third kappa shape index (κ3) is 3.48. The maximum Gasteiger partial charge on any atom is 0.310 e. The molecule has 2 heterocycles. The highest BCUT2D eigenvalue weighted by molar-refractivity contribution is 5.76. The van der Waals surface area contributed by atoms with Crippen LogP contribution in [0.25, 0.3) is 5.65 Å². The van der Waals surface area contributed by atoms with Gasteiger partial charge in [-0.05, 0) is 26.7 Å². The summed E-state index contributed by atoms with van der Waals surface area (Å²) in [6, 6.07) is 0.182. The lowest BCUT2D eigenvalue weighted by Crippen LogP contribution is -2.32. The van der Waals surface area contributed by atoms with E-state index in [9.17, 15) is 9.59 Å². The van der Waals surface area contributed by atoms with Crippen molar-refractivity contribution in [3.05, 3.63) is 28.6 Å². The predicted octanol–water partition coefficient (Wildman–Crippen LogP) is 0.894. The molecule has 0 aliphatic heterocycles. The van der Waals surface area contributed by atoms with Gasteiger partial charge in [0, 0.05) is 31.4 Å². The molecule has 0 aliphatic carbocycles. The summed E-state index contributed by atoms with van der Waals surface area (Å²) in [5.74, 6) is 0.710. The molecule has 0 spiro atoms. The van der Waals surface area contributed by atoms with Crippen LogP contribution in [0.4, 0.5) is 0 Å². The van der Waals surface area contributed by atoms with Crippen molar-refractivity contribution in [2.45, 2.75) is 52.6 Å². The zero-order chi connectivity index (χ0) is 15.4. The first kappa shape index (κ1) is 15.2. The molecule has 0 saturated carbocycles. The lowest BCUT2D eigenvalue weighted by Gasteiger charge is -2.11. The Labute approximate surface area is 123 Å². The van der Waals surface area contributed by atoms with E-state index in [1.54, 1.807) is 16.8 Å². The monoisotopic (exact) mass is 291 g/mol. The first-order valence-corrected chi connectivity index (χ1v) is 7.23. The Morgan fingerprint density at radius 2 is 2.24 bits per heavy atom. The quantitative estimate of drug-likeness (QED) is 0.857. The van der Waals surface area contributed by atoms with Gasteiger partial charge >= 0.3 is 5.56 Å². The Balaban J connectivity index is 1.99. The first-order chi connectivity index (χ1) is 10.0. The van der Waals surface area contributed by atoms with Crippen LogP contribution in [0.15, 0.2) is 17.2 Å². The highest BCUT2D eigenvalue weighted by Crippen LogP contribution is 1.99. The zero-order valence-electron chi connectivity index (χ0n) is 12.7. The van der Waals surface area contributed by atoms with Crippen molar-refractivity contribution in [2.24, 2.45) is 0 Å². The molecule has 0 aliphatic rings. The van der Waals surface area contributed by atoms with Crippen LogP contribution in [0.5, 0.6) is 0 Å². The van der Waals surface area contributed by atoms with Crippen LogP contribution in [-0.2, 0) is 11.3 Å². The van der Waals surface area contributed by atoms with Crippen molar-refractivity contribution in [1.29, 1.82) is 0 Å². The molecule has 7 heteroatoms. The molecule has 114 valence electrons. The summed E-state index contributed by atoms with van der Waals surface area (Å²) >= 11 is 0. The molecule has 0 fully saturated rings. The molecular formula is C14H21N5O2. The van der Waals surface area contributed by atoms with E-state index < -0.39 is 0 Å². The second kappa shape index (κ2) is 6.51. The number of aryl methyl sites for hydroxylation is 2. The Morgan fingerprint density at radius 3 is 2.95 bits per heavy atom. The fourth-order valence-electron chi connectivity index (χ4n) is 2.10. The number of amides is 1. The van der Waals surface area contributed by atoms with Crippen LogP contribution in [0.3, 0.4) is 0 Å². The number of nitrogens with zero attached hydrogens (tertiary/aromatic N) is 4. The number of carbonyl (C=O) groups is 1. The standard InChI is InChI=1S/C14H21N5O2/c1-4-10(2)16-12(20)6-5-8-19-14(21)13-15-7-9-18(13)11(3)17-19/h7,9-10H,4-6,8H2,1-3H3,(H,16,20). The van der Waals surface area contributed by atoms with Crippen molar-refractivity contribution in [1.82, 2.24) is 24.5 Å². The molecule has 1 atom stereocenters. The minimum absolute atomic E-state index is 0.0102. The van der Waals surface area contributed by atoms with E-state index >= 15 is 0 Å². The number of rotatable bonds is 6. The molecule has 1 N–H and O–H groups in total. The van der Waals surface area contributed by atoms with Gasteiger partial charge in [0.15, 0.2) is 0 Å². The van der Waals surface area contributed by atoms with Crippen LogP contribution in [0.2, 0.25) is 0 Å². The summed E-state index contributed by atoms with van der Waals surface area (Å²) in [6.45, 7) is 6.23. The van der Waals surface area contributed by atoms with E-state index in [-0.39, 0.29) is 17.5 Å². The van der Waals surface area contributed by atoms with Crippen LogP contribution >= 0.6 is 0 Å². The van der Waals surface area contributed by atoms with Crippen LogP contribution in [0.1, 0.15) is 38.9 Å². The molecule has 2 aromatic heterocycles. The molecule has 1 unspecified atom stereocenters. The number of nitrogens with one attached hydrogen (secondary N) is 1. The van der Waals surface area contributed by atoms with E-state index in [1.165, 1.54) is 4.68 Å². The minimum Gasteiger partial charge on any atom is -0.354 e. The van der Waals surface area contributed by atoms with Gasteiger partial charge in [-0.2, -0.15) is 5.10 Å². The molecule has 21 heavy (non-hydrogen) atoms. The van der Waals surface area contributed by atoms with Crippen LogP contribution < -0.4 is 10.9 Å². The molecule has 0 saturated heterocycles. The summed E-state index contributed by atoms with van der Waals surface area (Å²) in [5, 5.41) is 7.15. The smallest absolute Gasteiger partial charge is 0.310 e. The molecule has 2 aromatic rings. The maximum absolute atomic E-state index is 12.2. The summed E-state index contributed by atoms with van der Waals surface area (Å²) in [7, 11) is 0. The number of carbonyl (C=O) groups excluding carboxylic acids is 1. The van der Waals surface area contributed by atoms with Gasteiger partial charge in [0.2, 0.25) is 11.6 Å². The summed E-state index contributed by atoms with van der Waals surface area (Å²) in [4.78, 5) is 27.9. The minimum atomic E-state index is -0.229. The van der Waals surface area contributed by atoms with Crippen molar-refractivity contribution in [2.75, 3.05) is 0 Å². The van der Waals surface area contributed by atoms with Crippen LogP contribution in [0, 0.1) is 6.92 Å². The summed E-state index contributed by atoms with van der Waals surface area (Å²) < 4.78 is 3.04. The maximum atomic E-state index is 12.2. The Hall–Kier alpha value is -2.18. The topological polar surface area (TPSA) is 81.3 Å². The average Bonchev–Trinajstić information content (AvgIpc) is 2.94. The van der Waals surface area contributed by atoms with Crippen molar-refractivity contribution < 1.29 is 4.79 Å². The molecule has 0 radical (unpaired) electrons. The van der Waals surface area contributed by atoms with Gasteiger partial charge < -0.3 is 5.32 Å². The van der Waals surface area contributed by atoms with Crippen molar-refractivity contribution >= 4 is 11.6 Å². The third-order valence-corrected chi connectivity index (χ3v) is 3.47. The molecule has 7 nitrogen and oxygen atoms in total. The fraction of sp³-hybridized carbons (Fsp3) is 0.571. The lowest BCUT2D eigenvalue weighted by molar-refractivity contribution is -0.121. The summed E-state index contributed by atoms with van der Waals surface area (Å²) in [5.41, 5.74) is 0.138. The predicted molar refractivity (Wildman–Crippen MR) is 79.1 cm³/mol. The van der Waals surface area contributed by atoms with E-state index in [0.29, 0.717) is 30.9 Å². The number of fused-ring (bicyclic) bond motifs is 1. The van der Waals surface area contributed by atoms with Gasteiger partial charge in [0.1, 0.15) is 5.82 Å². The second-order valence-electron chi connectivity index (χ2n) is 5.18. The van der Waals surface area contributed by atoms with Gasteiger partial charge in [-0.25, -0.2) is 9.67 Å². The average molecular weight is 291 g/mol. The summed E-state index contributed by atoms with van der Waals surface area (Å²) in [6.07, 6.45) is 5.16. The van der Waals surface area contributed by atoms with E-state index in [1.807, 2.05) is 20.8 Å². The van der Waals surface area contributed by atoms with Crippen LogP contribution in [-0.4, -0.2) is 31.1 Å². The highest BCUT2D eigenvalue weighted by Gasteiger charge is 2.10. The number of imidazole rings is 1. The zero-order valence-corrected chi connectivity index (χ0v) is 12.7. The lowest BCUT2D eigenvalue weighted by atomic mass is 10.2. The Morgan fingerprint density at radius 1 is 1.48 bits per heavy atom. The molecule has 2 rings (SSSR count). The van der Waals surface area contributed by atoms with Crippen molar-refractivity contribution in [3.8, 4) is 0 Å². The normalized spacial score (nSPS) is 12.5. The van der Waals surface area contributed by atoms with Gasteiger partial charge in [0.05, 0.1) is 0 Å².